The first-order valence-electron chi connectivity index (χ1n) is 4.81. The highest BCUT2D eigenvalue weighted by Gasteiger charge is 2.26. The first-order valence-corrected chi connectivity index (χ1v) is 4.81. The van der Waals surface area contributed by atoms with Crippen molar-refractivity contribution in [2.75, 3.05) is 26.2 Å². The van der Waals surface area contributed by atoms with E-state index in [1.807, 2.05) is 0 Å². The third-order valence-electron chi connectivity index (χ3n) is 3.09. The molecule has 0 aliphatic carbocycles. The Hall–Kier alpha value is -0.0800. The smallest absolute Gasteiger partial charge is 0.0345 e. The first-order chi connectivity index (χ1) is 5.36. The molecule has 0 amide bonds. The van der Waals surface area contributed by atoms with Gasteiger partial charge in [0.2, 0.25) is 0 Å². The highest BCUT2D eigenvalue weighted by Crippen LogP contribution is 2.18. The topological polar surface area (TPSA) is 15.3 Å². The van der Waals surface area contributed by atoms with Crippen molar-refractivity contribution in [2.24, 2.45) is 5.92 Å². The largest absolute Gasteiger partial charge is 0.314 e. The van der Waals surface area contributed by atoms with Gasteiger partial charge in [0, 0.05) is 19.1 Å². The molecule has 2 heteroatoms. The maximum Gasteiger partial charge on any atom is 0.0345 e. The molecule has 0 aromatic rings. The molecule has 2 heterocycles. The Bertz CT molecular complexity index is 124. The van der Waals surface area contributed by atoms with Crippen molar-refractivity contribution in [1.82, 2.24) is 10.2 Å². The number of hydrogen-bond donors (Lipinski definition) is 1. The van der Waals surface area contributed by atoms with Crippen LogP contribution in [-0.4, -0.2) is 37.1 Å². The summed E-state index contributed by atoms with van der Waals surface area (Å²) in [6.07, 6.45) is 2.83. The van der Waals surface area contributed by atoms with E-state index >= 15 is 0 Å². The van der Waals surface area contributed by atoms with E-state index in [1.165, 1.54) is 39.0 Å². The summed E-state index contributed by atoms with van der Waals surface area (Å²) in [6.45, 7) is 7.51. The van der Waals surface area contributed by atoms with Gasteiger partial charge in [-0.3, -0.25) is 4.90 Å². The van der Waals surface area contributed by atoms with Gasteiger partial charge in [0.25, 0.3) is 0 Å². The fourth-order valence-electron chi connectivity index (χ4n) is 1.93. The van der Waals surface area contributed by atoms with E-state index in [0.717, 1.165) is 12.0 Å². The average Bonchev–Trinajstić information content (AvgIpc) is 1.90. The number of hydrogen-bond acceptors (Lipinski definition) is 2. The molecule has 0 aromatic heterocycles. The first kappa shape index (κ1) is 7.56. The summed E-state index contributed by atoms with van der Waals surface area (Å²) in [5, 5.41) is 3.33. The van der Waals surface area contributed by atoms with Crippen molar-refractivity contribution in [2.45, 2.75) is 25.8 Å². The van der Waals surface area contributed by atoms with Crippen LogP contribution >= 0.6 is 0 Å². The van der Waals surface area contributed by atoms with Gasteiger partial charge in [0.15, 0.2) is 0 Å². The van der Waals surface area contributed by atoms with Crippen LogP contribution in [0.15, 0.2) is 0 Å². The summed E-state index contributed by atoms with van der Waals surface area (Å²) in [5.41, 5.74) is 0. The Morgan fingerprint density at radius 1 is 1.18 bits per heavy atom. The molecule has 2 nitrogen and oxygen atoms in total. The van der Waals surface area contributed by atoms with Gasteiger partial charge < -0.3 is 5.32 Å². The number of rotatable bonds is 1. The van der Waals surface area contributed by atoms with Gasteiger partial charge in [-0.25, -0.2) is 0 Å². The van der Waals surface area contributed by atoms with Crippen molar-refractivity contribution in [3.8, 4) is 0 Å². The zero-order valence-corrected chi connectivity index (χ0v) is 7.34. The zero-order chi connectivity index (χ0) is 7.68. The Balaban J connectivity index is 1.77. The van der Waals surface area contributed by atoms with Crippen molar-refractivity contribution in [1.29, 1.82) is 0 Å². The second kappa shape index (κ2) is 3.11. The molecular formula is C9H18N2. The molecule has 0 aromatic carbocycles. The molecule has 2 rings (SSSR count). The maximum absolute atomic E-state index is 3.33. The number of nitrogens with one attached hydrogen (secondary N) is 1. The van der Waals surface area contributed by atoms with Crippen molar-refractivity contribution in [3.63, 3.8) is 0 Å². The van der Waals surface area contributed by atoms with Gasteiger partial charge in [0.05, 0.1) is 0 Å². The summed E-state index contributed by atoms with van der Waals surface area (Å²) >= 11 is 0. The number of likely N-dealkylation sites (tertiary alicyclic amines) is 1. The van der Waals surface area contributed by atoms with Crippen LogP contribution in [0.5, 0.6) is 0 Å². The highest BCUT2D eigenvalue weighted by atomic mass is 15.2. The molecule has 2 saturated heterocycles. The van der Waals surface area contributed by atoms with Gasteiger partial charge >= 0.3 is 0 Å². The monoisotopic (exact) mass is 154 g/mol. The van der Waals surface area contributed by atoms with Gasteiger partial charge in [-0.05, 0) is 31.8 Å². The Labute approximate surface area is 69.0 Å². The molecular weight excluding hydrogens is 136 g/mol. The lowest BCUT2D eigenvalue weighted by molar-refractivity contribution is 0.103. The molecule has 1 N–H and O–H groups in total. The Morgan fingerprint density at radius 3 is 2.27 bits per heavy atom. The predicted molar refractivity (Wildman–Crippen MR) is 46.6 cm³/mol. The number of piperidine rings is 1. The summed E-state index contributed by atoms with van der Waals surface area (Å²) in [6, 6.07) is 0.877. The third-order valence-corrected chi connectivity index (χ3v) is 3.09. The van der Waals surface area contributed by atoms with Gasteiger partial charge in [0.1, 0.15) is 0 Å². The highest BCUT2D eigenvalue weighted by molar-refractivity contribution is 4.86. The van der Waals surface area contributed by atoms with E-state index in [1.54, 1.807) is 0 Å². The summed E-state index contributed by atoms with van der Waals surface area (Å²) in [4.78, 5) is 2.65. The Morgan fingerprint density at radius 2 is 1.82 bits per heavy atom. The van der Waals surface area contributed by atoms with E-state index in [9.17, 15) is 0 Å². The minimum Gasteiger partial charge on any atom is -0.314 e. The van der Waals surface area contributed by atoms with Crippen LogP contribution in [0.2, 0.25) is 0 Å². The van der Waals surface area contributed by atoms with Crippen LogP contribution in [0.25, 0.3) is 0 Å². The second-order valence-electron chi connectivity index (χ2n) is 4.03. The van der Waals surface area contributed by atoms with E-state index in [-0.39, 0.29) is 0 Å². The van der Waals surface area contributed by atoms with Crippen molar-refractivity contribution in [3.05, 3.63) is 0 Å². The molecule has 2 fully saturated rings. The normalized spacial score (nSPS) is 30.3. The van der Waals surface area contributed by atoms with Gasteiger partial charge in [-0.1, -0.05) is 6.92 Å². The average molecular weight is 154 g/mol. The van der Waals surface area contributed by atoms with Crippen LogP contribution in [0.1, 0.15) is 19.8 Å². The fourth-order valence-corrected chi connectivity index (χ4v) is 1.93. The minimum atomic E-state index is 0.877. The van der Waals surface area contributed by atoms with Gasteiger partial charge in [-0.2, -0.15) is 0 Å². The minimum absolute atomic E-state index is 0.877. The van der Waals surface area contributed by atoms with E-state index in [4.69, 9.17) is 0 Å². The standard InChI is InChI=1S/C9H18N2/c1-8-2-4-11(5-3-8)9-6-10-7-9/h8-10H,2-7H2,1H3. The van der Waals surface area contributed by atoms with Gasteiger partial charge in [-0.15, -0.1) is 0 Å². The molecule has 64 valence electrons. The summed E-state index contributed by atoms with van der Waals surface area (Å²) < 4.78 is 0. The molecule has 2 aliphatic rings. The number of nitrogens with zero attached hydrogens (tertiary/aromatic N) is 1. The SMILES string of the molecule is CC1CCN(C2CNC2)CC1. The molecule has 2 aliphatic heterocycles. The summed E-state index contributed by atoms with van der Waals surface area (Å²) in [5.74, 6) is 0.972. The zero-order valence-electron chi connectivity index (χ0n) is 7.34. The molecule has 0 radical (unpaired) electrons. The quantitative estimate of drug-likeness (QED) is 0.598. The summed E-state index contributed by atoms with van der Waals surface area (Å²) in [7, 11) is 0. The maximum atomic E-state index is 3.33. The lowest BCUT2D eigenvalue weighted by atomic mass is 9.97. The molecule has 0 spiro atoms. The van der Waals surface area contributed by atoms with Crippen LogP contribution in [0.4, 0.5) is 0 Å². The van der Waals surface area contributed by atoms with E-state index < -0.39 is 0 Å². The van der Waals surface area contributed by atoms with E-state index in [0.29, 0.717) is 0 Å². The van der Waals surface area contributed by atoms with Crippen molar-refractivity contribution < 1.29 is 0 Å². The molecule has 11 heavy (non-hydrogen) atoms. The third kappa shape index (κ3) is 1.57. The second-order valence-corrected chi connectivity index (χ2v) is 4.03. The molecule has 0 bridgehead atoms. The Kier molecular flexibility index (Phi) is 2.14. The lowest BCUT2D eigenvalue weighted by Crippen LogP contribution is -2.58. The van der Waals surface area contributed by atoms with E-state index in [2.05, 4.69) is 17.1 Å². The van der Waals surface area contributed by atoms with Crippen LogP contribution in [0, 0.1) is 5.92 Å². The van der Waals surface area contributed by atoms with Crippen molar-refractivity contribution >= 4 is 0 Å². The van der Waals surface area contributed by atoms with Crippen LogP contribution < -0.4 is 5.32 Å². The van der Waals surface area contributed by atoms with Crippen LogP contribution in [0.3, 0.4) is 0 Å². The predicted octanol–water partition coefficient (Wildman–Crippen LogP) is 0.690. The fraction of sp³-hybridized carbons (Fsp3) is 1.00. The molecule has 0 saturated carbocycles. The van der Waals surface area contributed by atoms with Crippen LogP contribution in [-0.2, 0) is 0 Å². The lowest BCUT2D eigenvalue weighted by Gasteiger charge is -2.41. The molecule has 0 unspecified atom stereocenters. The molecule has 0 atom stereocenters.